The Hall–Kier alpha value is 0.150. The van der Waals surface area contributed by atoms with Gasteiger partial charge in [0.2, 0.25) is 0 Å². The van der Waals surface area contributed by atoms with E-state index in [9.17, 15) is 4.21 Å². The summed E-state index contributed by atoms with van der Waals surface area (Å²) in [6.45, 7) is 8.52. The Bertz CT molecular complexity index is 110. The van der Waals surface area contributed by atoms with Crippen LogP contribution in [0, 0.1) is 11.8 Å². The van der Waals surface area contributed by atoms with E-state index in [2.05, 4.69) is 27.7 Å². The maximum Gasteiger partial charge on any atom is 0.0391 e. The molecule has 10 heavy (non-hydrogen) atoms. The van der Waals surface area contributed by atoms with Crippen LogP contribution in [0.15, 0.2) is 0 Å². The molecule has 0 fully saturated rings. The van der Waals surface area contributed by atoms with Gasteiger partial charge in [0, 0.05) is 22.3 Å². The minimum absolute atomic E-state index is 0.361. The summed E-state index contributed by atoms with van der Waals surface area (Å²) in [5, 5.41) is 0.361. The first kappa shape index (κ1) is 10.2. The van der Waals surface area contributed by atoms with Crippen LogP contribution in [0.1, 0.15) is 27.7 Å². The van der Waals surface area contributed by atoms with Crippen LogP contribution in [-0.2, 0) is 10.8 Å². The van der Waals surface area contributed by atoms with Gasteiger partial charge in [-0.2, -0.15) is 0 Å². The predicted molar refractivity (Wildman–Crippen MR) is 47.5 cm³/mol. The van der Waals surface area contributed by atoms with Crippen molar-refractivity contribution in [2.75, 3.05) is 6.26 Å². The monoisotopic (exact) mass is 162 g/mol. The van der Waals surface area contributed by atoms with E-state index >= 15 is 0 Å². The predicted octanol–water partition coefficient (Wildman–Crippen LogP) is 2.05. The van der Waals surface area contributed by atoms with Crippen LogP contribution in [0.25, 0.3) is 0 Å². The topological polar surface area (TPSA) is 17.1 Å². The maximum atomic E-state index is 11.1. The maximum absolute atomic E-state index is 11.1. The van der Waals surface area contributed by atoms with Crippen molar-refractivity contribution in [3.8, 4) is 0 Å². The van der Waals surface area contributed by atoms with Gasteiger partial charge in [0.15, 0.2) is 0 Å². The summed E-state index contributed by atoms with van der Waals surface area (Å²) in [7, 11) is -0.664. The second kappa shape index (κ2) is 4.12. The first-order valence-corrected chi connectivity index (χ1v) is 5.41. The molecule has 1 atom stereocenters. The summed E-state index contributed by atoms with van der Waals surface area (Å²) in [5.74, 6) is 1.07. The lowest BCUT2D eigenvalue weighted by atomic mass is 10.0. The summed E-state index contributed by atoms with van der Waals surface area (Å²) in [6, 6.07) is 0. The standard InChI is InChI=1S/C8H18OS/c1-6(2)8(7(3)4)10(5)9/h6-8H,1-5H3. The molecule has 0 aromatic carbocycles. The normalized spacial score (nSPS) is 15.2. The SMILES string of the molecule is CC(C)C(C(C)C)S(C)=O. The van der Waals surface area contributed by atoms with E-state index in [1.165, 1.54) is 0 Å². The van der Waals surface area contributed by atoms with Gasteiger partial charge in [-0.25, -0.2) is 0 Å². The van der Waals surface area contributed by atoms with Crippen LogP contribution in [0.5, 0.6) is 0 Å². The molecule has 0 saturated carbocycles. The molecular weight excluding hydrogens is 144 g/mol. The van der Waals surface area contributed by atoms with Gasteiger partial charge in [0.1, 0.15) is 0 Å². The van der Waals surface area contributed by atoms with Crippen LogP contribution in [0.2, 0.25) is 0 Å². The molecule has 1 unspecified atom stereocenters. The van der Waals surface area contributed by atoms with Crippen LogP contribution >= 0.6 is 0 Å². The van der Waals surface area contributed by atoms with E-state index < -0.39 is 10.8 Å². The fourth-order valence-electron chi connectivity index (χ4n) is 1.54. The largest absolute Gasteiger partial charge is 0.260 e. The third-order valence-corrected chi connectivity index (χ3v) is 3.55. The zero-order valence-corrected chi connectivity index (χ0v) is 8.37. The summed E-state index contributed by atoms with van der Waals surface area (Å²) in [4.78, 5) is 0. The van der Waals surface area contributed by atoms with E-state index in [4.69, 9.17) is 0 Å². The van der Waals surface area contributed by atoms with Crippen LogP contribution in [0.3, 0.4) is 0 Å². The highest BCUT2D eigenvalue weighted by Crippen LogP contribution is 2.16. The lowest BCUT2D eigenvalue weighted by Gasteiger charge is -2.21. The molecule has 0 aliphatic heterocycles. The Labute approximate surface area is 66.7 Å². The second-order valence-corrected chi connectivity index (χ2v) is 4.99. The molecule has 0 N–H and O–H groups in total. The van der Waals surface area contributed by atoms with Crippen LogP contribution < -0.4 is 0 Å². The van der Waals surface area contributed by atoms with Gasteiger partial charge < -0.3 is 0 Å². The fourth-order valence-corrected chi connectivity index (χ4v) is 3.07. The molecule has 0 bridgehead atoms. The smallest absolute Gasteiger partial charge is 0.0391 e. The molecule has 0 heterocycles. The van der Waals surface area contributed by atoms with Crippen molar-refractivity contribution in [2.24, 2.45) is 11.8 Å². The van der Waals surface area contributed by atoms with E-state index in [1.807, 2.05) is 0 Å². The molecule has 0 aromatic rings. The van der Waals surface area contributed by atoms with Crippen molar-refractivity contribution >= 4 is 10.8 Å². The van der Waals surface area contributed by atoms with Gasteiger partial charge in [-0.1, -0.05) is 27.7 Å². The van der Waals surface area contributed by atoms with Crippen molar-refractivity contribution in [1.29, 1.82) is 0 Å². The molecule has 0 amide bonds. The average molecular weight is 162 g/mol. The van der Waals surface area contributed by atoms with Gasteiger partial charge in [-0.15, -0.1) is 0 Å². The molecular formula is C8H18OS. The van der Waals surface area contributed by atoms with E-state index in [0.29, 0.717) is 17.1 Å². The zero-order chi connectivity index (χ0) is 8.31. The third kappa shape index (κ3) is 2.82. The molecule has 0 aromatic heterocycles. The lowest BCUT2D eigenvalue weighted by molar-refractivity contribution is 0.474. The first-order valence-electron chi connectivity index (χ1n) is 3.79. The molecule has 0 aliphatic rings. The molecule has 0 aliphatic carbocycles. The van der Waals surface area contributed by atoms with Crippen molar-refractivity contribution in [3.63, 3.8) is 0 Å². The Morgan fingerprint density at radius 1 is 1.00 bits per heavy atom. The van der Waals surface area contributed by atoms with Crippen molar-refractivity contribution < 1.29 is 4.21 Å². The fraction of sp³-hybridized carbons (Fsp3) is 1.00. The van der Waals surface area contributed by atoms with E-state index in [0.717, 1.165) is 0 Å². The number of hydrogen-bond donors (Lipinski definition) is 0. The Balaban J connectivity index is 4.12. The second-order valence-electron chi connectivity index (χ2n) is 3.45. The van der Waals surface area contributed by atoms with E-state index in [-0.39, 0.29) is 0 Å². The molecule has 2 heteroatoms. The number of hydrogen-bond acceptors (Lipinski definition) is 1. The zero-order valence-electron chi connectivity index (χ0n) is 7.55. The molecule has 1 nitrogen and oxygen atoms in total. The Morgan fingerprint density at radius 2 is 1.30 bits per heavy atom. The molecule has 0 saturated heterocycles. The highest BCUT2D eigenvalue weighted by atomic mass is 32.2. The minimum Gasteiger partial charge on any atom is -0.260 e. The molecule has 62 valence electrons. The summed E-state index contributed by atoms with van der Waals surface area (Å²) in [5.41, 5.74) is 0. The molecule has 0 radical (unpaired) electrons. The van der Waals surface area contributed by atoms with Crippen LogP contribution in [-0.4, -0.2) is 15.7 Å². The summed E-state index contributed by atoms with van der Waals surface area (Å²) < 4.78 is 11.1. The minimum atomic E-state index is -0.664. The third-order valence-electron chi connectivity index (χ3n) is 1.70. The summed E-state index contributed by atoms with van der Waals surface area (Å²) >= 11 is 0. The highest BCUT2D eigenvalue weighted by Gasteiger charge is 2.20. The first-order chi connectivity index (χ1) is 4.46. The average Bonchev–Trinajstić information content (AvgIpc) is 1.59. The van der Waals surface area contributed by atoms with Crippen molar-refractivity contribution in [1.82, 2.24) is 0 Å². The Morgan fingerprint density at radius 3 is 1.30 bits per heavy atom. The number of rotatable bonds is 3. The highest BCUT2D eigenvalue weighted by molar-refractivity contribution is 7.84. The van der Waals surface area contributed by atoms with Gasteiger partial charge in [0.05, 0.1) is 0 Å². The van der Waals surface area contributed by atoms with Crippen LogP contribution in [0.4, 0.5) is 0 Å². The van der Waals surface area contributed by atoms with Crippen molar-refractivity contribution in [2.45, 2.75) is 32.9 Å². The molecule has 0 spiro atoms. The summed E-state index contributed by atoms with van der Waals surface area (Å²) in [6.07, 6.45) is 1.80. The quantitative estimate of drug-likeness (QED) is 0.620. The van der Waals surface area contributed by atoms with Gasteiger partial charge in [0.25, 0.3) is 0 Å². The van der Waals surface area contributed by atoms with Gasteiger partial charge in [-0.05, 0) is 11.8 Å². The molecule has 0 rings (SSSR count). The van der Waals surface area contributed by atoms with Crippen molar-refractivity contribution in [3.05, 3.63) is 0 Å². The van der Waals surface area contributed by atoms with Gasteiger partial charge >= 0.3 is 0 Å². The lowest BCUT2D eigenvalue weighted by Crippen LogP contribution is -2.26. The Kier molecular flexibility index (Phi) is 4.18. The van der Waals surface area contributed by atoms with E-state index in [1.54, 1.807) is 6.26 Å². The van der Waals surface area contributed by atoms with Gasteiger partial charge in [-0.3, -0.25) is 4.21 Å².